The summed E-state index contributed by atoms with van der Waals surface area (Å²) >= 11 is 0. The van der Waals surface area contributed by atoms with Gasteiger partial charge in [0.25, 0.3) is 0 Å². The molecule has 46 valence electrons. The van der Waals surface area contributed by atoms with E-state index in [0.717, 1.165) is 19.3 Å². The van der Waals surface area contributed by atoms with Crippen LogP contribution in [0.15, 0.2) is 0 Å². The Morgan fingerprint density at radius 1 is 1.11 bits per heavy atom. The third kappa shape index (κ3) is 7.12. The Kier molecular flexibility index (Phi) is 6.42. The van der Waals surface area contributed by atoms with E-state index in [0.29, 0.717) is 6.42 Å². The molecule has 0 rings (SSSR count). The van der Waals surface area contributed by atoms with Gasteiger partial charge in [0.2, 0.25) is 0 Å². The lowest BCUT2D eigenvalue weighted by atomic mass is 10.3. The van der Waals surface area contributed by atoms with E-state index in [1.165, 1.54) is 0 Å². The second-order valence-corrected chi connectivity index (χ2v) is 1.63. The van der Waals surface area contributed by atoms with Crippen LogP contribution in [0.5, 0.6) is 0 Å². The van der Waals surface area contributed by atoms with E-state index in [2.05, 4.69) is 24.7 Å². The zero-order valence-electron chi connectivity index (χ0n) is 5.54. The molecule has 0 spiro atoms. The highest BCUT2D eigenvalue weighted by Crippen LogP contribution is 1.85. The molecule has 0 amide bonds. The van der Waals surface area contributed by atoms with Crippen LogP contribution < -0.4 is 0 Å². The number of rotatable bonds is 2. The molecule has 0 atom stereocenters. The highest BCUT2D eigenvalue weighted by atomic mass is 13.8. The lowest BCUT2D eigenvalue weighted by Crippen LogP contribution is -1.65. The molecule has 0 fully saturated rings. The van der Waals surface area contributed by atoms with Crippen LogP contribution in [-0.2, 0) is 0 Å². The minimum Gasteiger partial charge on any atom is -0.103 e. The monoisotopic (exact) mass is 118 g/mol. The van der Waals surface area contributed by atoms with E-state index < -0.39 is 0 Å². The molecular formula is C9H10. The Bertz CT molecular complexity index is 138. The van der Waals surface area contributed by atoms with Crippen LogP contribution in [0.4, 0.5) is 0 Å². The van der Waals surface area contributed by atoms with E-state index in [-0.39, 0.29) is 0 Å². The summed E-state index contributed by atoms with van der Waals surface area (Å²) in [6.07, 6.45) is 9.73. The molecule has 0 aliphatic rings. The Labute approximate surface area is 57.7 Å². The van der Waals surface area contributed by atoms with Gasteiger partial charge in [-0.05, 0) is 12.8 Å². The van der Waals surface area contributed by atoms with Gasteiger partial charge in [0.05, 0.1) is 0 Å². The van der Waals surface area contributed by atoms with E-state index in [4.69, 9.17) is 6.42 Å². The van der Waals surface area contributed by atoms with E-state index in [1.54, 1.807) is 0 Å². The Morgan fingerprint density at radius 3 is 2.33 bits per heavy atom. The summed E-state index contributed by atoms with van der Waals surface area (Å²) in [7, 11) is 0. The molecule has 0 N–H and O–H groups in total. The number of hydrogen-bond donors (Lipinski definition) is 0. The first kappa shape index (κ1) is 8.12. The van der Waals surface area contributed by atoms with E-state index >= 15 is 0 Å². The molecule has 0 unspecified atom stereocenters. The average molecular weight is 118 g/mol. The average Bonchev–Trinajstić information content (AvgIpc) is 1.89. The molecule has 0 aromatic rings. The lowest BCUT2D eigenvalue weighted by molar-refractivity contribution is 1.07. The molecule has 0 nitrogen and oxygen atoms in total. The maximum absolute atomic E-state index is 6.55. The normalized spacial score (nSPS) is 7.11. The zero-order valence-corrected chi connectivity index (χ0v) is 5.54. The predicted molar refractivity (Wildman–Crippen MR) is 38.7 cm³/mol. The van der Waals surface area contributed by atoms with Crippen LogP contribution >= 0.6 is 0 Å². The second kappa shape index (κ2) is 7.12. The van der Waals surface area contributed by atoms with Gasteiger partial charge in [-0.15, -0.1) is 11.8 Å². The molecule has 0 aromatic heterocycles. The third-order valence-corrected chi connectivity index (χ3v) is 0.802. The van der Waals surface area contributed by atoms with E-state index in [1.807, 2.05) is 0 Å². The van der Waals surface area contributed by atoms with Crippen molar-refractivity contribution in [2.24, 2.45) is 0 Å². The first-order valence-electron chi connectivity index (χ1n) is 3.06. The van der Waals surface area contributed by atoms with Gasteiger partial charge in [-0.3, -0.25) is 0 Å². The maximum Gasteiger partial charge on any atom is 0.0209 e. The smallest absolute Gasteiger partial charge is 0.0209 e. The summed E-state index contributed by atoms with van der Waals surface area (Å²) in [5, 5.41) is 0. The third-order valence-electron chi connectivity index (χ3n) is 0.802. The summed E-state index contributed by atoms with van der Waals surface area (Å²) in [4.78, 5) is 0. The van der Waals surface area contributed by atoms with Gasteiger partial charge >= 0.3 is 0 Å². The van der Waals surface area contributed by atoms with Crippen LogP contribution in [0.1, 0.15) is 25.7 Å². The minimum absolute atomic E-state index is 0.657. The molecule has 0 heteroatoms. The number of hydrogen-bond acceptors (Lipinski definition) is 0. The molecule has 0 bridgehead atoms. The predicted octanol–water partition coefficient (Wildman–Crippen LogP) is 1.97. The van der Waals surface area contributed by atoms with Gasteiger partial charge in [0.1, 0.15) is 0 Å². The molecule has 9 heavy (non-hydrogen) atoms. The molecule has 0 heterocycles. The van der Waals surface area contributed by atoms with Gasteiger partial charge in [0, 0.05) is 19.3 Å². The summed E-state index contributed by atoms with van der Waals surface area (Å²) in [5.41, 5.74) is 0. The fraction of sp³-hybridized carbons (Fsp3) is 0.444. The van der Waals surface area contributed by atoms with E-state index in [9.17, 15) is 0 Å². The summed E-state index contributed by atoms with van der Waals surface area (Å²) in [6.45, 7) is 3.65. The highest BCUT2D eigenvalue weighted by Gasteiger charge is 1.72. The first-order valence-corrected chi connectivity index (χ1v) is 3.06. The highest BCUT2D eigenvalue weighted by molar-refractivity contribution is 5.00. The summed E-state index contributed by atoms with van der Waals surface area (Å²) in [5.74, 6) is 8.13. The van der Waals surface area contributed by atoms with Gasteiger partial charge in [-0.1, -0.05) is 12.8 Å². The Morgan fingerprint density at radius 2 is 1.78 bits per heavy atom. The standard InChI is InChI=1S/C9H10/c1-3-5-7-9-8-6-4-2/h1,3,5-6,8H2. The van der Waals surface area contributed by atoms with Crippen molar-refractivity contribution >= 4 is 0 Å². The molecule has 0 aliphatic heterocycles. The molecule has 0 saturated heterocycles. The second-order valence-electron chi connectivity index (χ2n) is 1.63. The zero-order chi connectivity index (χ0) is 6.95. The minimum atomic E-state index is 0.657. The fourth-order valence-electron chi connectivity index (χ4n) is 0.390. The van der Waals surface area contributed by atoms with Gasteiger partial charge in [-0.2, -0.15) is 0 Å². The Hall–Kier alpha value is -0.880. The van der Waals surface area contributed by atoms with Crippen molar-refractivity contribution in [3.63, 3.8) is 0 Å². The van der Waals surface area contributed by atoms with Crippen molar-refractivity contribution < 1.29 is 0 Å². The topological polar surface area (TPSA) is 0 Å². The molecule has 0 aliphatic carbocycles. The summed E-state index contributed by atoms with van der Waals surface area (Å²) < 4.78 is 0. The maximum atomic E-state index is 6.55. The van der Waals surface area contributed by atoms with Crippen LogP contribution in [0, 0.1) is 31.1 Å². The van der Waals surface area contributed by atoms with Crippen molar-refractivity contribution in [1.29, 1.82) is 0 Å². The molecular weight excluding hydrogens is 108 g/mol. The fourth-order valence-corrected chi connectivity index (χ4v) is 0.390. The van der Waals surface area contributed by atoms with Crippen LogP contribution in [0.2, 0.25) is 0 Å². The van der Waals surface area contributed by atoms with Crippen molar-refractivity contribution in [2.45, 2.75) is 25.7 Å². The Balaban J connectivity index is 3.08. The van der Waals surface area contributed by atoms with Crippen LogP contribution in [0.3, 0.4) is 0 Å². The van der Waals surface area contributed by atoms with Crippen molar-refractivity contribution in [3.05, 3.63) is 13.3 Å². The van der Waals surface area contributed by atoms with Crippen molar-refractivity contribution in [2.75, 3.05) is 0 Å². The van der Waals surface area contributed by atoms with Crippen LogP contribution in [-0.4, -0.2) is 0 Å². The van der Waals surface area contributed by atoms with Crippen molar-refractivity contribution in [3.8, 4) is 17.8 Å². The quantitative estimate of drug-likeness (QED) is 0.384. The van der Waals surface area contributed by atoms with Crippen molar-refractivity contribution in [1.82, 2.24) is 0 Å². The first-order chi connectivity index (χ1) is 4.41. The van der Waals surface area contributed by atoms with Gasteiger partial charge in [0.15, 0.2) is 0 Å². The van der Waals surface area contributed by atoms with Gasteiger partial charge < -0.3 is 0 Å². The van der Waals surface area contributed by atoms with Gasteiger partial charge in [-0.25, -0.2) is 0 Å². The molecule has 2 radical (unpaired) electrons. The molecule has 0 saturated carbocycles. The largest absolute Gasteiger partial charge is 0.103 e. The number of unbranched alkanes of at least 4 members (excludes halogenated alkanes) is 2. The SMILES string of the molecule is [C]#CCCC#CCC[CH2]. The van der Waals surface area contributed by atoms with Crippen LogP contribution in [0.25, 0.3) is 0 Å². The molecule has 0 aromatic carbocycles. The summed E-state index contributed by atoms with van der Waals surface area (Å²) in [6, 6.07) is 0. The lowest BCUT2D eigenvalue weighted by Gasteiger charge is -1.77.